The maximum Gasteiger partial charge on any atom is 0.307 e. The summed E-state index contributed by atoms with van der Waals surface area (Å²) in [6.45, 7) is 9.90. The zero-order valence-corrected chi connectivity index (χ0v) is 13.5. The minimum atomic E-state index is -0.717. The summed E-state index contributed by atoms with van der Waals surface area (Å²) < 4.78 is 0. The molecule has 0 aromatic carbocycles. The lowest BCUT2D eigenvalue weighted by Crippen LogP contribution is -2.55. The molecule has 1 amide bonds. The molecular formula is C16H28N2O3. The Hall–Kier alpha value is -1.10. The zero-order valence-electron chi connectivity index (χ0n) is 13.5. The van der Waals surface area contributed by atoms with Gasteiger partial charge < -0.3 is 15.7 Å². The van der Waals surface area contributed by atoms with Crippen molar-refractivity contribution in [2.75, 3.05) is 13.1 Å². The van der Waals surface area contributed by atoms with E-state index >= 15 is 0 Å². The maximum absolute atomic E-state index is 12.4. The van der Waals surface area contributed by atoms with Crippen molar-refractivity contribution in [2.45, 2.75) is 46.6 Å². The molecule has 1 aliphatic carbocycles. The van der Waals surface area contributed by atoms with Crippen molar-refractivity contribution in [3.63, 3.8) is 0 Å². The Morgan fingerprint density at radius 3 is 2.38 bits per heavy atom. The smallest absolute Gasteiger partial charge is 0.307 e. The van der Waals surface area contributed by atoms with Gasteiger partial charge in [-0.1, -0.05) is 27.7 Å². The number of aliphatic carboxylic acids is 1. The van der Waals surface area contributed by atoms with E-state index in [1.165, 1.54) is 0 Å². The van der Waals surface area contributed by atoms with Crippen LogP contribution < -0.4 is 10.6 Å². The molecule has 4 atom stereocenters. The maximum atomic E-state index is 12.4. The lowest BCUT2D eigenvalue weighted by molar-refractivity contribution is -0.150. The van der Waals surface area contributed by atoms with Crippen molar-refractivity contribution in [1.82, 2.24) is 10.6 Å². The minimum Gasteiger partial charge on any atom is -0.481 e. The van der Waals surface area contributed by atoms with Gasteiger partial charge in [0.25, 0.3) is 0 Å². The number of hydrogen-bond donors (Lipinski definition) is 3. The van der Waals surface area contributed by atoms with Crippen LogP contribution in [0.4, 0.5) is 0 Å². The normalized spacial score (nSPS) is 33.8. The molecule has 0 spiro atoms. The second-order valence-electron chi connectivity index (χ2n) is 7.40. The second kappa shape index (κ2) is 5.95. The van der Waals surface area contributed by atoms with Gasteiger partial charge in [0.05, 0.1) is 5.92 Å². The highest BCUT2D eigenvalue weighted by molar-refractivity contribution is 5.79. The Kier molecular flexibility index (Phi) is 4.61. The van der Waals surface area contributed by atoms with Gasteiger partial charge in [-0.3, -0.25) is 9.59 Å². The molecule has 1 aliphatic heterocycles. The third kappa shape index (κ3) is 3.07. The lowest BCUT2D eigenvalue weighted by atomic mass is 9.61. The number of rotatable bonds is 4. The highest BCUT2D eigenvalue weighted by Crippen LogP contribution is 2.45. The van der Waals surface area contributed by atoms with Crippen molar-refractivity contribution in [2.24, 2.45) is 29.1 Å². The predicted molar refractivity (Wildman–Crippen MR) is 80.8 cm³/mol. The molecule has 1 saturated carbocycles. The molecule has 0 aromatic heterocycles. The van der Waals surface area contributed by atoms with Gasteiger partial charge in [-0.25, -0.2) is 0 Å². The van der Waals surface area contributed by atoms with E-state index in [4.69, 9.17) is 0 Å². The predicted octanol–water partition coefficient (Wildman–Crippen LogP) is 1.48. The van der Waals surface area contributed by atoms with Gasteiger partial charge in [-0.2, -0.15) is 0 Å². The molecule has 5 nitrogen and oxygen atoms in total. The molecule has 0 bridgehead atoms. The second-order valence-corrected chi connectivity index (χ2v) is 7.40. The van der Waals surface area contributed by atoms with Crippen LogP contribution in [0.15, 0.2) is 0 Å². The number of carboxylic acids is 1. The Morgan fingerprint density at radius 2 is 1.90 bits per heavy atom. The molecule has 2 rings (SSSR count). The lowest BCUT2D eigenvalue weighted by Gasteiger charge is -2.46. The van der Waals surface area contributed by atoms with Crippen molar-refractivity contribution >= 4 is 11.9 Å². The van der Waals surface area contributed by atoms with Crippen molar-refractivity contribution in [3.05, 3.63) is 0 Å². The molecule has 2 fully saturated rings. The molecule has 2 aliphatic rings. The van der Waals surface area contributed by atoms with E-state index in [1.807, 2.05) is 20.8 Å². The molecule has 21 heavy (non-hydrogen) atoms. The van der Waals surface area contributed by atoms with Crippen molar-refractivity contribution < 1.29 is 14.7 Å². The third-order valence-electron chi connectivity index (χ3n) is 6.00. The molecule has 120 valence electrons. The first-order valence-electron chi connectivity index (χ1n) is 7.99. The first kappa shape index (κ1) is 16.3. The average molecular weight is 296 g/mol. The highest BCUT2D eigenvalue weighted by Gasteiger charge is 2.47. The summed E-state index contributed by atoms with van der Waals surface area (Å²) in [5, 5.41) is 15.7. The third-order valence-corrected chi connectivity index (χ3v) is 6.00. The molecule has 0 radical (unpaired) electrons. The largest absolute Gasteiger partial charge is 0.481 e. The Labute approximate surface area is 126 Å². The van der Waals surface area contributed by atoms with Gasteiger partial charge >= 0.3 is 5.97 Å². The van der Waals surface area contributed by atoms with Crippen LogP contribution in [-0.2, 0) is 9.59 Å². The van der Waals surface area contributed by atoms with E-state index in [0.29, 0.717) is 12.3 Å². The quantitative estimate of drug-likeness (QED) is 0.734. The van der Waals surface area contributed by atoms with E-state index in [1.54, 1.807) is 0 Å². The number of carbonyl (C=O) groups is 2. The van der Waals surface area contributed by atoms with Crippen LogP contribution in [0, 0.1) is 29.1 Å². The van der Waals surface area contributed by atoms with Gasteiger partial charge in [0, 0.05) is 12.0 Å². The van der Waals surface area contributed by atoms with Crippen LogP contribution in [0.25, 0.3) is 0 Å². The van der Waals surface area contributed by atoms with Gasteiger partial charge in [0.2, 0.25) is 5.91 Å². The van der Waals surface area contributed by atoms with Crippen LogP contribution >= 0.6 is 0 Å². The SMILES string of the molecule is CC(C(=O)NC1CCC(C(=O)O)C(C)(C)C1C)C1CNC1. The molecule has 3 N–H and O–H groups in total. The monoisotopic (exact) mass is 296 g/mol. The standard InChI is InChI=1S/C16H28N2O3/c1-9(11-7-17-8-11)14(19)18-13-6-5-12(15(20)21)16(3,4)10(13)2/h9-13,17H,5-8H2,1-4H3,(H,18,19)(H,20,21). The van der Waals surface area contributed by atoms with Crippen molar-refractivity contribution in [1.29, 1.82) is 0 Å². The van der Waals surface area contributed by atoms with Crippen LogP contribution in [0.2, 0.25) is 0 Å². The highest BCUT2D eigenvalue weighted by atomic mass is 16.4. The number of carboxylic acid groups (broad SMARTS) is 1. The fraction of sp³-hybridized carbons (Fsp3) is 0.875. The first-order valence-corrected chi connectivity index (χ1v) is 7.99. The Bertz CT molecular complexity index is 418. The number of nitrogens with one attached hydrogen (secondary N) is 2. The summed E-state index contributed by atoms with van der Waals surface area (Å²) in [6.07, 6.45) is 1.39. The summed E-state index contributed by atoms with van der Waals surface area (Å²) in [6, 6.07) is 0.0820. The van der Waals surface area contributed by atoms with E-state index in [0.717, 1.165) is 19.5 Å². The summed E-state index contributed by atoms with van der Waals surface area (Å²) in [5.74, 6) is -0.312. The Morgan fingerprint density at radius 1 is 1.29 bits per heavy atom. The van der Waals surface area contributed by atoms with Gasteiger partial charge in [0.15, 0.2) is 0 Å². The fourth-order valence-corrected chi connectivity index (χ4v) is 3.64. The topological polar surface area (TPSA) is 78.4 Å². The van der Waals surface area contributed by atoms with E-state index in [-0.39, 0.29) is 35.1 Å². The summed E-state index contributed by atoms with van der Waals surface area (Å²) in [7, 11) is 0. The van der Waals surface area contributed by atoms with E-state index in [9.17, 15) is 14.7 Å². The van der Waals surface area contributed by atoms with E-state index < -0.39 is 5.97 Å². The van der Waals surface area contributed by atoms with Crippen LogP contribution in [-0.4, -0.2) is 36.1 Å². The molecule has 5 heteroatoms. The number of carbonyl (C=O) groups excluding carboxylic acids is 1. The Balaban J connectivity index is 1.98. The molecular weight excluding hydrogens is 268 g/mol. The molecule has 0 aromatic rings. The summed E-state index contributed by atoms with van der Waals surface area (Å²) in [4.78, 5) is 23.8. The number of hydrogen-bond acceptors (Lipinski definition) is 3. The molecule has 1 saturated heterocycles. The van der Waals surface area contributed by atoms with E-state index in [2.05, 4.69) is 17.6 Å². The molecule has 4 unspecified atom stereocenters. The van der Waals surface area contributed by atoms with Gasteiger partial charge in [-0.05, 0) is 43.2 Å². The van der Waals surface area contributed by atoms with Crippen LogP contribution in [0.3, 0.4) is 0 Å². The van der Waals surface area contributed by atoms with Crippen LogP contribution in [0.1, 0.15) is 40.5 Å². The minimum absolute atomic E-state index is 0.0266. The first-order chi connectivity index (χ1) is 9.75. The van der Waals surface area contributed by atoms with Gasteiger partial charge in [-0.15, -0.1) is 0 Å². The average Bonchev–Trinajstić information content (AvgIpc) is 2.32. The number of amides is 1. The summed E-state index contributed by atoms with van der Waals surface area (Å²) >= 11 is 0. The molecule has 1 heterocycles. The summed E-state index contributed by atoms with van der Waals surface area (Å²) in [5.41, 5.74) is -0.302. The van der Waals surface area contributed by atoms with Gasteiger partial charge in [0.1, 0.15) is 0 Å². The fourth-order valence-electron chi connectivity index (χ4n) is 3.64. The van der Waals surface area contributed by atoms with Crippen LogP contribution in [0.5, 0.6) is 0 Å². The van der Waals surface area contributed by atoms with Crippen molar-refractivity contribution in [3.8, 4) is 0 Å². The zero-order chi connectivity index (χ0) is 15.8.